The second kappa shape index (κ2) is 7.61. The Hall–Kier alpha value is -3.79. The highest BCUT2D eigenvalue weighted by atomic mass is 32.2. The molecule has 3 heterocycles. The lowest BCUT2D eigenvalue weighted by Gasteiger charge is -2.50. The fourth-order valence-corrected chi connectivity index (χ4v) is 8.17. The lowest BCUT2D eigenvalue weighted by atomic mass is 9.79. The second-order valence-electron chi connectivity index (χ2n) is 9.34. The van der Waals surface area contributed by atoms with Crippen LogP contribution in [0.3, 0.4) is 0 Å². The maximum absolute atomic E-state index is 13.5. The van der Waals surface area contributed by atoms with E-state index in [9.17, 15) is 23.1 Å². The van der Waals surface area contributed by atoms with Crippen LogP contribution in [-0.4, -0.2) is 56.8 Å². The van der Waals surface area contributed by atoms with Gasteiger partial charge in [0.1, 0.15) is 5.70 Å². The van der Waals surface area contributed by atoms with E-state index in [4.69, 9.17) is 0 Å². The number of hydrogen-bond acceptors (Lipinski definition) is 6. The highest BCUT2D eigenvalue weighted by Gasteiger charge is 2.71. The average Bonchev–Trinajstić information content (AvgIpc) is 3.36. The molecule has 2 aliphatic heterocycles. The van der Waals surface area contributed by atoms with Crippen LogP contribution in [0.4, 0.5) is 0 Å². The summed E-state index contributed by atoms with van der Waals surface area (Å²) in [7, 11) is -3.82. The number of aromatic nitrogens is 3. The number of benzene rings is 2. The summed E-state index contributed by atoms with van der Waals surface area (Å²) >= 11 is 0. The van der Waals surface area contributed by atoms with Crippen molar-refractivity contribution in [1.82, 2.24) is 20.3 Å². The van der Waals surface area contributed by atoms with Crippen molar-refractivity contribution in [1.29, 1.82) is 0 Å². The van der Waals surface area contributed by atoms with Crippen molar-refractivity contribution in [3.8, 4) is 0 Å². The maximum Gasteiger partial charge on any atom is 0.352 e. The van der Waals surface area contributed by atoms with Crippen LogP contribution in [0.5, 0.6) is 0 Å². The zero-order valence-electron chi connectivity index (χ0n) is 18.5. The van der Waals surface area contributed by atoms with E-state index in [1.807, 2.05) is 60.7 Å². The lowest BCUT2D eigenvalue weighted by molar-refractivity contribution is -0.154. The van der Waals surface area contributed by atoms with Gasteiger partial charge in [0.25, 0.3) is 0 Å². The van der Waals surface area contributed by atoms with E-state index in [0.29, 0.717) is 12.1 Å². The molecule has 2 fully saturated rings. The molecule has 6 rings (SSSR count). The van der Waals surface area contributed by atoms with Crippen molar-refractivity contribution in [2.45, 2.75) is 23.6 Å². The number of carboxylic acid groups (broad SMARTS) is 1. The van der Waals surface area contributed by atoms with Gasteiger partial charge in [-0.1, -0.05) is 60.7 Å². The van der Waals surface area contributed by atoms with E-state index in [1.54, 1.807) is 0 Å². The highest BCUT2D eigenvalue weighted by molar-refractivity contribution is 7.92. The minimum atomic E-state index is -3.82. The molecule has 0 radical (unpaired) electrons. The number of fused-ring (bicyclic) bond motifs is 1. The molecule has 35 heavy (non-hydrogen) atoms. The first-order chi connectivity index (χ1) is 16.8. The number of rotatable bonds is 6. The normalized spacial score (nSPS) is 26.1. The summed E-state index contributed by atoms with van der Waals surface area (Å²) in [6, 6.07) is 19.6. The standard InChI is InChI=1S/C25H22N4O5S/c30-22-20(19-12-25(19,16-7-3-1-4-8-16)17-9-5-2-6-10-17)23-29(22)21(24(31)32)15(14-35(23,33)34)11-18-13-26-28-27-18/h1-10,13,19-20,23H,11-12,14H2,(H,31,32)(H,26,27,28)/t19?,20?,23-/m0/s1. The summed E-state index contributed by atoms with van der Waals surface area (Å²) in [6.07, 6.45) is 2.01. The Labute approximate surface area is 201 Å². The summed E-state index contributed by atoms with van der Waals surface area (Å²) in [5.74, 6) is -3.25. The first kappa shape index (κ1) is 21.7. The van der Waals surface area contributed by atoms with Crippen molar-refractivity contribution < 1.29 is 23.1 Å². The highest BCUT2D eigenvalue weighted by Crippen LogP contribution is 2.65. The van der Waals surface area contributed by atoms with Crippen LogP contribution in [0.15, 0.2) is 78.1 Å². The lowest BCUT2D eigenvalue weighted by Crippen LogP contribution is -2.68. The van der Waals surface area contributed by atoms with Crippen molar-refractivity contribution in [3.05, 3.63) is 95.0 Å². The fraction of sp³-hybridized carbons (Fsp3) is 0.280. The van der Waals surface area contributed by atoms with Crippen LogP contribution in [0.1, 0.15) is 23.2 Å². The van der Waals surface area contributed by atoms with Gasteiger partial charge in [-0.05, 0) is 29.0 Å². The molecule has 1 aliphatic carbocycles. The van der Waals surface area contributed by atoms with Gasteiger partial charge in [-0.15, -0.1) is 0 Å². The topological polar surface area (TPSA) is 133 Å². The third-order valence-corrected chi connectivity index (χ3v) is 9.48. The van der Waals surface area contributed by atoms with Crippen molar-refractivity contribution in [2.75, 3.05) is 5.75 Å². The smallest absolute Gasteiger partial charge is 0.352 e. The number of carbonyl (C=O) groups is 2. The molecular formula is C25H22N4O5S. The maximum atomic E-state index is 13.5. The third-order valence-electron chi connectivity index (χ3n) is 7.49. The Balaban J connectivity index is 1.41. The number of aromatic amines is 1. The van der Waals surface area contributed by atoms with Gasteiger partial charge in [0, 0.05) is 11.8 Å². The molecule has 10 heteroatoms. The van der Waals surface area contributed by atoms with Crippen molar-refractivity contribution >= 4 is 21.7 Å². The minimum Gasteiger partial charge on any atom is -0.477 e. The summed E-state index contributed by atoms with van der Waals surface area (Å²) in [6.45, 7) is 0. The molecule has 0 spiro atoms. The van der Waals surface area contributed by atoms with Crippen LogP contribution in [0, 0.1) is 11.8 Å². The molecule has 2 N–H and O–H groups in total. The Morgan fingerprint density at radius 3 is 2.26 bits per heavy atom. The number of β-lactam (4-membered cyclic amide) rings is 1. The van der Waals surface area contributed by atoms with Crippen LogP contribution in [0.2, 0.25) is 0 Å². The molecular weight excluding hydrogens is 468 g/mol. The van der Waals surface area contributed by atoms with Gasteiger partial charge < -0.3 is 5.11 Å². The molecule has 3 atom stereocenters. The predicted molar refractivity (Wildman–Crippen MR) is 124 cm³/mol. The van der Waals surface area contributed by atoms with Crippen LogP contribution in [0.25, 0.3) is 0 Å². The summed E-state index contributed by atoms with van der Waals surface area (Å²) < 4.78 is 26.9. The first-order valence-electron chi connectivity index (χ1n) is 11.3. The van der Waals surface area contributed by atoms with E-state index in [1.165, 1.54) is 6.20 Å². The molecule has 2 aromatic carbocycles. The van der Waals surface area contributed by atoms with Gasteiger partial charge >= 0.3 is 5.97 Å². The fourth-order valence-electron chi connectivity index (χ4n) is 5.99. The molecule has 178 valence electrons. The Kier molecular flexibility index (Phi) is 4.72. The molecule has 1 saturated heterocycles. The number of carbonyl (C=O) groups excluding carboxylic acids is 1. The molecule has 9 nitrogen and oxygen atoms in total. The number of amides is 1. The Morgan fingerprint density at radius 1 is 1.09 bits per heavy atom. The molecule has 3 aliphatic rings. The van der Waals surface area contributed by atoms with E-state index < -0.39 is 44.2 Å². The van der Waals surface area contributed by atoms with Crippen molar-refractivity contribution in [3.63, 3.8) is 0 Å². The number of sulfone groups is 1. The SMILES string of the molecule is O=C(O)C1=C(Cc2cn[nH]n2)CS(=O)(=O)[C@H]2C(C3CC3(c3ccccc3)c3ccccc3)C(=O)N12. The zero-order chi connectivity index (χ0) is 24.4. The molecule has 0 bridgehead atoms. The molecule has 1 amide bonds. The van der Waals surface area contributed by atoms with Gasteiger partial charge in [0.2, 0.25) is 5.91 Å². The van der Waals surface area contributed by atoms with E-state index in [2.05, 4.69) is 15.4 Å². The summed E-state index contributed by atoms with van der Waals surface area (Å²) in [4.78, 5) is 26.7. The van der Waals surface area contributed by atoms with E-state index in [0.717, 1.165) is 16.0 Å². The average molecular weight is 491 g/mol. The predicted octanol–water partition coefficient (Wildman–Crippen LogP) is 1.91. The minimum absolute atomic E-state index is 0.0140. The first-order valence-corrected chi connectivity index (χ1v) is 13.0. The number of aliphatic carboxylic acids is 1. The Bertz CT molecular complexity index is 1410. The molecule has 1 aromatic heterocycles. The zero-order valence-corrected chi connectivity index (χ0v) is 19.4. The Morgan fingerprint density at radius 2 is 1.71 bits per heavy atom. The monoisotopic (exact) mass is 490 g/mol. The molecule has 2 unspecified atom stereocenters. The number of nitrogens with zero attached hydrogens (tertiary/aromatic N) is 3. The number of carboxylic acids is 1. The number of hydrogen-bond donors (Lipinski definition) is 2. The summed E-state index contributed by atoms with van der Waals surface area (Å²) in [5.41, 5.74) is 1.86. The van der Waals surface area contributed by atoms with Gasteiger partial charge in [-0.25, -0.2) is 13.2 Å². The molecule has 1 saturated carbocycles. The summed E-state index contributed by atoms with van der Waals surface area (Å²) in [5, 5.41) is 18.8. The van der Waals surface area contributed by atoms with E-state index in [-0.39, 0.29) is 23.6 Å². The van der Waals surface area contributed by atoms with Gasteiger partial charge in [-0.3, -0.25) is 9.69 Å². The van der Waals surface area contributed by atoms with Crippen LogP contribution in [-0.2, 0) is 31.3 Å². The van der Waals surface area contributed by atoms with Crippen LogP contribution < -0.4 is 0 Å². The molecule has 3 aromatic rings. The van der Waals surface area contributed by atoms with Gasteiger partial charge in [0.05, 0.1) is 23.6 Å². The largest absolute Gasteiger partial charge is 0.477 e. The number of H-pyrrole nitrogens is 1. The second-order valence-corrected chi connectivity index (χ2v) is 11.4. The van der Waals surface area contributed by atoms with Crippen molar-refractivity contribution in [2.24, 2.45) is 11.8 Å². The van der Waals surface area contributed by atoms with Gasteiger partial charge in [-0.2, -0.15) is 15.4 Å². The number of nitrogens with one attached hydrogen (secondary N) is 1. The van der Waals surface area contributed by atoms with Gasteiger partial charge in [0.15, 0.2) is 15.2 Å². The van der Waals surface area contributed by atoms with Crippen LogP contribution >= 0.6 is 0 Å². The third kappa shape index (κ3) is 3.16. The van der Waals surface area contributed by atoms with E-state index >= 15 is 0 Å². The quantitative estimate of drug-likeness (QED) is 0.504.